The molecule has 1 atom stereocenters. The SMILES string of the molecule is C=C(Cn1c(=O)c(C(=O)NC(C)c2ccc(F)cc2)cc2cc(Br)cnc21)/N=C\C=C/C. The number of halogens is 2. The zero-order valence-electron chi connectivity index (χ0n) is 17.7. The van der Waals surface area contributed by atoms with Gasteiger partial charge in [0.2, 0.25) is 0 Å². The van der Waals surface area contributed by atoms with Crippen molar-refractivity contribution in [3.63, 3.8) is 0 Å². The first-order valence-electron chi connectivity index (χ1n) is 9.88. The molecule has 6 nitrogen and oxygen atoms in total. The summed E-state index contributed by atoms with van der Waals surface area (Å²) in [4.78, 5) is 34.8. The van der Waals surface area contributed by atoms with Gasteiger partial charge in [-0.15, -0.1) is 0 Å². The first-order valence-corrected chi connectivity index (χ1v) is 10.7. The Labute approximate surface area is 193 Å². The average Bonchev–Trinajstić information content (AvgIpc) is 2.76. The number of allylic oxidation sites excluding steroid dienone is 3. The zero-order valence-corrected chi connectivity index (χ0v) is 19.3. The van der Waals surface area contributed by atoms with Gasteiger partial charge < -0.3 is 5.32 Å². The van der Waals surface area contributed by atoms with E-state index in [-0.39, 0.29) is 17.9 Å². The van der Waals surface area contributed by atoms with Crippen LogP contribution in [0.15, 0.2) is 81.3 Å². The Kier molecular flexibility index (Phi) is 7.48. The molecule has 0 saturated carbocycles. The number of aliphatic imine (C=N–C) groups is 1. The first-order chi connectivity index (χ1) is 15.3. The molecular weight excluding hydrogens is 475 g/mol. The Morgan fingerprint density at radius 2 is 2.06 bits per heavy atom. The van der Waals surface area contributed by atoms with Crippen LogP contribution in [0.2, 0.25) is 0 Å². The normalized spacial score (nSPS) is 12.5. The number of benzene rings is 1. The predicted molar refractivity (Wildman–Crippen MR) is 128 cm³/mol. The van der Waals surface area contributed by atoms with E-state index in [1.165, 1.54) is 22.8 Å². The Balaban J connectivity index is 2.00. The Morgan fingerprint density at radius 1 is 1.34 bits per heavy atom. The molecule has 3 aromatic rings. The van der Waals surface area contributed by atoms with Crippen molar-refractivity contribution in [2.24, 2.45) is 4.99 Å². The number of nitrogens with one attached hydrogen (secondary N) is 1. The van der Waals surface area contributed by atoms with E-state index < -0.39 is 17.5 Å². The third kappa shape index (κ3) is 5.45. The maximum Gasteiger partial charge on any atom is 0.265 e. The van der Waals surface area contributed by atoms with Gasteiger partial charge in [-0.3, -0.25) is 19.1 Å². The van der Waals surface area contributed by atoms with E-state index in [2.05, 4.69) is 37.8 Å². The maximum absolute atomic E-state index is 13.2. The number of rotatable bonds is 7. The smallest absolute Gasteiger partial charge is 0.265 e. The Bertz CT molecular complexity index is 1280. The summed E-state index contributed by atoms with van der Waals surface area (Å²) in [6, 6.07) is 8.70. The summed E-state index contributed by atoms with van der Waals surface area (Å²) < 4.78 is 15.3. The third-order valence-corrected chi connectivity index (χ3v) is 5.16. The molecule has 3 rings (SSSR count). The van der Waals surface area contributed by atoms with Crippen LogP contribution in [0.25, 0.3) is 11.0 Å². The molecule has 0 aliphatic rings. The van der Waals surface area contributed by atoms with E-state index in [0.29, 0.717) is 21.2 Å². The molecule has 1 N–H and O–H groups in total. The summed E-state index contributed by atoms with van der Waals surface area (Å²) in [6.07, 6.45) is 6.74. The lowest BCUT2D eigenvalue weighted by Gasteiger charge is -2.16. The number of hydrogen-bond donors (Lipinski definition) is 1. The summed E-state index contributed by atoms with van der Waals surface area (Å²) in [5.41, 5.74) is 1.05. The van der Waals surface area contributed by atoms with Gasteiger partial charge in [0.1, 0.15) is 17.0 Å². The number of aromatic nitrogens is 2. The van der Waals surface area contributed by atoms with Crippen LogP contribution in [0.5, 0.6) is 0 Å². The molecule has 0 saturated heterocycles. The molecule has 0 aliphatic heterocycles. The highest BCUT2D eigenvalue weighted by atomic mass is 79.9. The van der Waals surface area contributed by atoms with Crippen molar-refractivity contribution in [3.05, 3.63) is 98.8 Å². The molecule has 0 radical (unpaired) electrons. The summed E-state index contributed by atoms with van der Waals surface area (Å²) in [5.74, 6) is -0.898. The van der Waals surface area contributed by atoms with E-state index in [9.17, 15) is 14.0 Å². The van der Waals surface area contributed by atoms with Crippen molar-refractivity contribution in [3.8, 4) is 0 Å². The number of carbonyl (C=O) groups is 1. The molecule has 0 fully saturated rings. The van der Waals surface area contributed by atoms with Crippen LogP contribution >= 0.6 is 15.9 Å². The number of nitrogens with zero attached hydrogens (tertiary/aromatic N) is 3. The van der Waals surface area contributed by atoms with Crippen molar-refractivity contribution in [2.75, 3.05) is 0 Å². The van der Waals surface area contributed by atoms with E-state index in [1.54, 1.807) is 43.6 Å². The van der Waals surface area contributed by atoms with Gasteiger partial charge in [-0.25, -0.2) is 9.37 Å². The molecule has 0 spiro atoms. The minimum Gasteiger partial charge on any atom is -0.345 e. The van der Waals surface area contributed by atoms with Crippen LogP contribution < -0.4 is 10.9 Å². The van der Waals surface area contributed by atoms with Gasteiger partial charge in [-0.1, -0.05) is 24.8 Å². The molecule has 2 aromatic heterocycles. The molecular formula is C24H22BrFN4O2. The third-order valence-electron chi connectivity index (χ3n) is 4.73. The lowest BCUT2D eigenvalue weighted by molar-refractivity contribution is 0.0938. The second-order valence-corrected chi connectivity index (χ2v) is 8.05. The molecule has 1 aromatic carbocycles. The van der Waals surface area contributed by atoms with Gasteiger partial charge in [0.25, 0.3) is 11.5 Å². The van der Waals surface area contributed by atoms with E-state index in [1.807, 2.05) is 13.0 Å². The van der Waals surface area contributed by atoms with Gasteiger partial charge in [-0.05, 0) is 65.7 Å². The summed E-state index contributed by atoms with van der Waals surface area (Å²) in [7, 11) is 0. The molecule has 8 heteroatoms. The Morgan fingerprint density at radius 3 is 2.75 bits per heavy atom. The lowest BCUT2D eigenvalue weighted by Crippen LogP contribution is -2.35. The standard InChI is InChI=1S/C24H22BrFN4O2/c1-4-5-10-27-15(2)14-30-22-18(11-19(25)13-28-22)12-21(24(30)32)23(31)29-16(3)17-6-8-20(26)9-7-17/h4-13,16H,2,14H2,1,3H3,(H,29,31)/b5-4-,27-10-. The van der Waals surface area contributed by atoms with Crippen LogP contribution in [0.4, 0.5) is 4.39 Å². The van der Waals surface area contributed by atoms with Gasteiger partial charge in [0.05, 0.1) is 18.3 Å². The van der Waals surface area contributed by atoms with Crippen molar-refractivity contribution < 1.29 is 9.18 Å². The van der Waals surface area contributed by atoms with Crippen molar-refractivity contribution in [1.29, 1.82) is 0 Å². The second kappa shape index (κ2) is 10.3. The number of pyridine rings is 2. The number of carbonyl (C=O) groups excluding carboxylic acids is 1. The fourth-order valence-corrected chi connectivity index (χ4v) is 3.46. The van der Waals surface area contributed by atoms with Crippen LogP contribution in [0.1, 0.15) is 35.8 Å². The van der Waals surface area contributed by atoms with Crippen LogP contribution in [-0.4, -0.2) is 21.7 Å². The van der Waals surface area contributed by atoms with E-state index in [4.69, 9.17) is 0 Å². The van der Waals surface area contributed by atoms with Crippen LogP contribution in [0, 0.1) is 5.82 Å². The lowest BCUT2D eigenvalue weighted by atomic mass is 10.1. The van der Waals surface area contributed by atoms with E-state index in [0.717, 1.165) is 5.56 Å². The minimum absolute atomic E-state index is 0.0309. The maximum atomic E-state index is 13.2. The highest BCUT2D eigenvalue weighted by Gasteiger charge is 2.19. The molecule has 2 heterocycles. The van der Waals surface area contributed by atoms with Crippen molar-refractivity contribution >= 4 is 39.1 Å². The molecule has 164 valence electrons. The fourth-order valence-electron chi connectivity index (χ4n) is 3.11. The zero-order chi connectivity index (χ0) is 23.3. The number of fused-ring (bicyclic) bond motifs is 1. The number of amides is 1. The molecule has 0 aliphatic carbocycles. The quantitative estimate of drug-likeness (QED) is 0.470. The van der Waals surface area contributed by atoms with E-state index >= 15 is 0 Å². The molecule has 32 heavy (non-hydrogen) atoms. The van der Waals surface area contributed by atoms with Gasteiger partial charge in [0, 0.05) is 22.3 Å². The average molecular weight is 497 g/mol. The molecule has 1 amide bonds. The highest BCUT2D eigenvalue weighted by Crippen LogP contribution is 2.19. The molecule has 1 unspecified atom stereocenters. The van der Waals surface area contributed by atoms with Gasteiger partial charge in [-0.2, -0.15) is 0 Å². The van der Waals surface area contributed by atoms with Crippen molar-refractivity contribution in [1.82, 2.24) is 14.9 Å². The summed E-state index contributed by atoms with van der Waals surface area (Å²) in [5, 5.41) is 3.42. The van der Waals surface area contributed by atoms with Gasteiger partial charge in [0.15, 0.2) is 0 Å². The number of hydrogen-bond acceptors (Lipinski definition) is 4. The summed E-state index contributed by atoms with van der Waals surface area (Å²) in [6.45, 7) is 7.60. The molecule has 0 bridgehead atoms. The van der Waals surface area contributed by atoms with Crippen LogP contribution in [-0.2, 0) is 6.54 Å². The monoisotopic (exact) mass is 496 g/mol. The predicted octanol–water partition coefficient (Wildman–Crippen LogP) is 4.95. The van der Waals surface area contributed by atoms with Crippen LogP contribution in [0.3, 0.4) is 0 Å². The topological polar surface area (TPSA) is 76.3 Å². The minimum atomic E-state index is -0.537. The Hall–Kier alpha value is -3.39. The van der Waals surface area contributed by atoms with Gasteiger partial charge >= 0.3 is 0 Å². The second-order valence-electron chi connectivity index (χ2n) is 7.13. The fraction of sp³-hybridized carbons (Fsp3) is 0.167. The largest absolute Gasteiger partial charge is 0.345 e. The van der Waals surface area contributed by atoms with Crippen molar-refractivity contribution in [2.45, 2.75) is 26.4 Å². The highest BCUT2D eigenvalue weighted by molar-refractivity contribution is 9.10. The first kappa shape index (κ1) is 23.3. The summed E-state index contributed by atoms with van der Waals surface area (Å²) >= 11 is 3.38.